The van der Waals surface area contributed by atoms with Crippen LogP contribution in [0, 0.1) is 5.82 Å². The van der Waals surface area contributed by atoms with Crippen molar-refractivity contribution in [3.05, 3.63) is 78.5 Å². The maximum atomic E-state index is 14.7. The zero-order chi connectivity index (χ0) is 22.8. The van der Waals surface area contributed by atoms with Gasteiger partial charge in [0.25, 0.3) is 0 Å². The Morgan fingerprint density at radius 2 is 2.00 bits per heavy atom. The average molecular weight is 460 g/mol. The number of thiophene rings is 1. The molecule has 0 aliphatic rings. The highest BCUT2D eigenvalue weighted by Crippen LogP contribution is 2.41. The van der Waals surface area contributed by atoms with Crippen LogP contribution in [0.5, 0.6) is 0 Å². The molecule has 2 aromatic carbocycles. The third kappa shape index (κ3) is 4.33. The third-order valence-electron chi connectivity index (χ3n) is 5.36. The van der Waals surface area contributed by atoms with Crippen molar-refractivity contribution in [1.82, 2.24) is 25.0 Å². The number of anilines is 1. The minimum atomic E-state index is -0.457. The number of benzene rings is 2. The number of fused-ring (bicyclic) bond motifs is 1. The quantitative estimate of drug-likeness (QED) is 0.360. The molecule has 0 saturated heterocycles. The van der Waals surface area contributed by atoms with E-state index in [4.69, 9.17) is 5.73 Å². The van der Waals surface area contributed by atoms with Gasteiger partial charge in [-0.15, -0.1) is 16.4 Å². The summed E-state index contributed by atoms with van der Waals surface area (Å²) in [6.45, 7) is 3.12. The van der Waals surface area contributed by atoms with Crippen molar-refractivity contribution < 1.29 is 4.39 Å². The maximum Gasteiger partial charge on any atom is 0.223 e. The molecule has 0 bridgehead atoms. The van der Waals surface area contributed by atoms with E-state index in [-0.39, 0.29) is 11.7 Å². The van der Waals surface area contributed by atoms with Crippen LogP contribution < -0.4 is 11.1 Å². The lowest BCUT2D eigenvalue weighted by Crippen LogP contribution is -2.13. The lowest BCUT2D eigenvalue weighted by Gasteiger charge is -2.13. The second-order valence-corrected chi connectivity index (χ2v) is 8.75. The molecule has 3 aromatic heterocycles. The van der Waals surface area contributed by atoms with Gasteiger partial charge in [0, 0.05) is 23.5 Å². The van der Waals surface area contributed by atoms with E-state index in [1.54, 1.807) is 17.1 Å². The fourth-order valence-corrected chi connectivity index (χ4v) is 4.97. The Balaban J connectivity index is 1.49. The zero-order valence-electron chi connectivity index (χ0n) is 17.9. The van der Waals surface area contributed by atoms with Crippen molar-refractivity contribution in [3.63, 3.8) is 0 Å². The molecule has 0 amide bonds. The third-order valence-corrected chi connectivity index (χ3v) is 6.55. The normalized spacial score (nSPS) is 12.2. The summed E-state index contributed by atoms with van der Waals surface area (Å²) in [5.41, 5.74) is 9.74. The van der Waals surface area contributed by atoms with E-state index in [1.807, 2.05) is 37.3 Å². The smallest absolute Gasteiger partial charge is 0.223 e. The van der Waals surface area contributed by atoms with E-state index >= 15 is 0 Å². The molecule has 33 heavy (non-hydrogen) atoms. The van der Waals surface area contributed by atoms with Gasteiger partial charge in [-0.05, 0) is 35.1 Å². The summed E-state index contributed by atoms with van der Waals surface area (Å²) in [4.78, 5) is 9.28. The number of nitrogens with zero attached hydrogens (tertiary/aromatic N) is 5. The number of aromatic nitrogens is 5. The molecule has 0 aliphatic carbocycles. The first-order valence-corrected chi connectivity index (χ1v) is 11.4. The van der Waals surface area contributed by atoms with Gasteiger partial charge in [-0.3, -0.25) is 4.68 Å². The van der Waals surface area contributed by atoms with Gasteiger partial charge in [0.05, 0.1) is 23.8 Å². The minimum Gasteiger partial charge on any atom is -0.352 e. The van der Waals surface area contributed by atoms with Crippen LogP contribution in [0.25, 0.3) is 31.8 Å². The molecular weight excluding hydrogens is 437 g/mol. The van der Waals surface area contributed by atoms with E-state index in [2.05, 4.69) is 43.8 Å². The van der Waals surface area contributed by atoms with Crippen LogP contribution in [0.2, 0.25) is 0 Å². The van der Waals surface area contributed by atoms with Gasteiger partial charge in [-0.2, -0.15) is 0 Å². The molecule has 1 atom stereocenters. The average Bonchev–Trinajstić information content (AvgIpc) is 3.50. The molecule has 3 N–H and O–H groups in total. The number of halogens is 1. The van der Waals surface area contributed by atoms with Gasteiger partial charge < -0.3 is 11.1 Å². The standard InChI is InChI=1S/C24H22FN7S/c1-15(26)17-6-2-3-7-18(17)19-8-4-5-16-13-21(33-23(16)19)22-20(25)14-28-24(30-22)27-9-11-32-12-10-29-31-32/h2-8,10,12-15H,9,11,26H2,1H3,(H,27,28,30)/t15-/m1/s1. The summed E-state index contributed by atoms with van der Waals surface area (Å²) in [7, 11) is 0. The molecule has 166 valence electrons. The van der Waals surface area contributed by atoms with E-state index in [1.165, 1.54) is 17.5 Å². The molecule has 3 heterocycles. The highest BCUT2D eigenvalue weighted by Gasteiger charge is 2.17. The van der Waals surface area contributed by atoms with Crippen molar-refractivity contribution in [2.24, 2.45) is 5.73 Å². The monoisotopic (exact) mass is 459 g/mol. The highest BCUT2D eigenvalue weighted by atomic mass is 32.1. The zero-order valence-corrected chi connectivity index (χ0v) is 18.8. The Bertz CT molecular complexity index is 1400. The molecule has 5 rings (SSSR count). The first kappa shape index (κ1) is 21.2. The molecular formula is C24H22FN7S. The number of hydrogen-bond donors (Lipinski definition) is 2. The summed E-state index contributed by atoms with van der Waals surface area (Å²) in [5.74, 6) is -0.0904. The van der Waals surface area contributed by atoms with Gasteiger partial charge in [-0.25, -0.2) is 14.4 Å². The highest BCUT2D eigenvalue weighted by molar-refractivity contribution is 7.22. The molecule has 9 heteroatoms. The van der Waals surface area contributed by atoms with Crippen LogP contribution in [0.15, 0.2) is 67.1 Å². The SMILES string of the molecule is C[C@@H](N)c1ccccc1-c1cccc2cc(-c3nc(NCCn4ccnn4)ncc3F)sc12. The van der Waals surface area contributed by atoms with E-state index in [0.717, 1.165) is 31.7 Å². The molecule has 0 spiro atoms. The van der Waals surface area contributed by atoms with E-state index in [9.17, 15) is 4.39 Å². The number of hydrogen-bond acceptors (Lipinski definition) is 7. The second kappa shape index (κ2) is 9.05. The molecule has 0 aliphatic heterocycles. The van der Waals surface area contributed by atoms with Crippen LogP contribution in [0.4, 0.5) is 10.3 Å². The largest absolute Gasteiger partial charge is 0.352 e. The Kier molecular flexibility index (Phi) is 5.80. The van der Waals surface area contributed by atoms with Crippen LogP contribution >= 0.6 is 11.3 Å². The number of nitrogens with one attached hydrogen (secondary N) is 1. The van der Waals surface area contributed by atoms with Gasteiger partial charge in [0.2, 0.25) is 5.95 Å². The molecule has 0 saturated carbocycles. The Labute approximate surface area is 194 Å². The van der Waals surface area contributed by atoms with Gasteiger partial charge in [-0.1, -0.05) is 47.7 Å². The van der Waals surface area contributed by atoms with Crippen molar-refractivity contribution in [2.45, 2.75) is 19.5 Å². The van der Waals surface area contributed by atoms with Crippen molar-refractivity contribution in [3.8, 4) is 21.7 Å². The summed E-state index contributed by atoms with van der Waals surface area (Å²) in [6.07, 6.45) is 4.60. The fraction of sp³-hybridized carbons (Fsp3) is 0.167. The lowest BCUT2D eigenvalue weighted by molar-refractivity contribution is 0.604. The van der Waals surface area contributed by atoms with Crippen LogP contribution in [0.1, 0.15) is 18.5 Å². The van der Waals surface area contributed by atoms with Gasteiger partial charge >= 0.3 is 0 Å². The van der Waals surface area contributed by atoms with Crippen LogP contribution in [0.3, 0.4) is 0 Å². The Morgan fingerprint density at radius 1 is 1.15 bits per heavy atom. The predicted molar refractivity (Wildman–Crippen MR) is 129 cm³/mol. The van der Waals surface area contributed by atoms with Crippen LogP contribution in [-0.2, 0) is 6.54 Å². The van der Waals surface area contributed by atoms with Crippen LogP contribution in [-0.4, -0.2) is 31.5 Å². The summed E-state index contributed by atoms with van der Waals surface area (Å²) < 4.78 is 17.5. The molecule has 5 aromatic rings. The second-order valence-electron chi connectivity index (χ2n) is 7.69. The summed E-state index contributed by atoms with van der Waals surface area (Å²) in [5, 5.41) is 11.9. The summed E-state index contributed by atoms with van der Waals surface area (Å²) >= 11 is 1.52. The molecule has 0 unspecified atom stereocenters. The topological polar surface area (TPSA) is 94.5 Å². The lowest BCUT2D eigenvalue weighted by atomic mass is 9.95. The minimum absolute atomic E-state index is 0.0960. The first-order valence-electron chi connectivity index (χ1n) is 10.6. The molecule has 0 radical (unpaired) electrons. The maximum absolute atomic E-state index is 14.7. The molecule has 7 nitrogen and oxygen atoms in total. The number of nitrogens with two attached hydrogens (primary N) is 1. The van der Waals surface area contributed by atoms with E-state index < -0.39 is 5.82 Å². The summed E-state index contributed by atoms with van der Waals surface area (Å²) in [6, 6.07) is 16.1. The van der Waals surface area contributed by atoms with Crippen molar-refractivity contribution in [2.75, 3.05) is 11.9 Å². The van der Waals surface area contributed by atoms with Crippen molar-refractivity contribution in [1.29, 1.82) is 0 Å². The first-order chi connectivity index (χ1) is 16.1. The Hall–Kier alpha value is -3.69. The Morgan fingerprint density at radius 3 is 2.82 bits per heavy atom. The van der Waals surface area contributed by atoms with Gasteiger partial charge in [0.1, 0.15) is 5.69 Å². The molecule has 0 fully saturated rings. The van der Waals surface area contributed by atoms with E-state index in [0.29, 0.717) is 19.0 Å². The van der Waals surface area contributed by atoms with Crippen molar-refractivity contribution >= 4 is 27.4 Å². The number of rotatable bonds is 7. The predicted octanol–water partition coefficient (Wildman–Crippen LogP) is 4.89. The van der Waals surface area contributed by atoms with Gasteiger partial charge in [0.15, 0.2) is 5.82 Å². The fourth-order valence-electron chi connectivity index (χ4n) is 3.79.